The Hall–Kier alpha value is -1.67. The molecule has 0 fully saturated rings. The average molecular weight is 243 g/mol. The maximum atomic E-state index is 13.9. The molecule has 2 heteroatoms. The molecule has 0 heterocycles. The van der Waals surface area contributed by atoms with E-state index in [1.165, 1.54) is 11.6 Å². The van der Waals surface area contributed by atoms with Crippen molar-refractivity contribution in [2.45, 2.75) is 19.9 Å². The van der Waals surface area contributed by atoms with Crippen molar-refractivity contribution in [3.05, 3.63) is 59.4 Å². The van der Waals surface area contributed by atoms with E-state index in [0.717, 1.165) is 24.1 Å². The van der Waals surface area contributed by atoms with E-state index in [9.17, 15) is 4.39 Å². The number of halogens is 1. The molecular formula is C16H18FN. The molecule has 94 valence electrons. The van der Waals surface area contributed by atoms with Crippen LogP contribution in [0, 0.1) is 5.82 Å². The SMILES string of the molecule is CCc1ccc(-c2cc(CNC)ccc2F)cc1. The zero-order chi connectivity index (χ0) is 13.0. The quantitative estimate of drug-likeness (QED) is 0.861. The molecule has 0 aliphatic carbocycles. The first-order chi connectivity index (χ1) is 8.74. The van der Waals surface area contributed by atoms with Gasteiger partial charge in [0, 0.05) is 12.1 Å². The Kier molecular flexibility index (Phi) is 4.11. The van der Waals surface area contributed by atoms with Gasteiger partial charge in [-0.15, -0.1) is 0 Å². The molecule has 0 atom stereocenters. The summed E-state index contributed by atoms with van der Waals surface area (Å²) in [6.45, 7) is 2.86. The molecule has 1 nitrogen and oxygen atoms in total. The van der Waals surface area contributed by atoms with Gasteiger partial charge in [-0.1, -0.05) is 37.3 Å². The molecule has 2 aromatic carbocycles. The molecule has 0 bridgehead atoms. The Morgan fingerprint density at radius 1 is 1.00 bits per heavy atom. The molecule has 18 heavy (non-hydrogen) atoms. The van der Waals surface area contributed by atoms with Crippen LogP contribution in [0.25, 0.3) is 11.1 Å². The van der Waals surface area contributed by atoms with E-state index in [1.54, 1.807) is 0 Å². The third-order valence-corrected chi connectivity index (χ3v) is 3.08. The fourth-order valence-corrected chi connectivity index (χ4v) is 2.03. The second kappa shape index (κ2) is 5.78. The molecule has 0 amide bonds. The number of aryl methyl sites for hydroxylation is 1. The minimum absolute atomic E-state index is 0.167. The fourth-order valence-electron chi connectivity index (χ4n) is 2.03. The van der Waals surface area contributed by atoms with Crippen molar-refractivity contribution in [2.24, 2.45) is 0 Å². The topological polar surface area (TPSA) is 12.0 Å². The summed E-state index contributed by atoms with van der Waals surface area (Å²) in [4.78, 5) is 0. The predicted octanol–water partition coefficient (Wildman–Crippen LogP) is 3.77. The third-order valence-electron chi connectivity index (χ3n) is 3.08. The number of benzene rings is 2. The van der Waals surface area contributed by atoms with E-state index in [-0.39, 0.29) is 5.82 Å². The van der Waals surface area contributed by atoms with Crippen LogP contribution in [0.1, 0.15) is 18.1 Å². The second-order valence-electron chi connectivity index (χ2n) is 4.40. The normalized spacial score (nSPS) is 10.6. The van der Waals surface area contributed by atoms with E-state index < -0.39 is 0 Å². The molecule has 1 N–H and O–H groups in total. The van der Waals surface area contributed by atoms with Crippen LogP contribution in [0.3, 0.4) is 0 Å². The first-order valence-electron chi connectivity index (χ1n) is 6.27. The van der Waals surface area contributed by atoms with Crippen molar-refractivity contribution >= 4 is 0 Å². The van der Waals surface area contributed by atoms with Crippen LogP contribution in [0.5, 0.6) is 0 Å². The maximum absolute atomic E-state index is 13.9. The minimum atomic E-state index is -0.167. The summed E-state index contributed by atoms with van der Waals surface area (Å²) in [7, 11) is 1.89. The van der Waals surface area contributed by atoms with Crippen LogP contribution in [0.4, 0.5) is 4.39 Å². The summed E-state index contributed by atoms with van der Waals surface area (Å²) < 4.78 is 13.9. The summed E-state index contributed by atoms with van der Waals surface area (Å²) in [5.41, 5.74) is 3.96. The second-order valence-corrected chi connectivity index (χ2v) is 4.40. The molecule has 0 unspecified atom stereocenters. The molecule has 2 aromatic rings. The van der Waals surface area contributed by atoms with E-state index in [1.807, 2.05) is 31.3 Å². The molecule has 0 saturated heterocycles. The number of rotatable bonds is 4. The van der Waals surface area contributed by atoms with Crippen molar-refractivity contribution < 1.29 is 4.39 Å². The standard InChI is InChI=1S/C16H18FN/c1-3-12-4-7-14(8-5-12)15-10-13(11-18-2)6-9-16(15)17/h4-10,18H,3,11H2,1-2H3. The summed E-state index contributed by atoms with van der Waals surface area (Å²) in [5.74, 6) is -0.167. The van der Waals surface area contributed by atoms with Gasteiger partial charge in [0.2, 0.25) is 0 Å². The molecular weight excluding hydrogens is 225 g/mol. The first kappa shape index (κ1) is 12.8. The highest BCUT2D eigenvalue weighted by Crippen LogP contribution is 2.24. The minimum Gasteiger partial charge on any atom is -0.316 e. The van der Waals surface area contributed by atoms with Gasteiger partial charge in [-0.05, 0) is 42.3 Å². The van der Waals surface area contributed by atoms with Gasteiger partial charge in [-0.2, -0.15) is 0 Å². The van der Waals surface area contributed by atoms with Crippen molar-refractivity contribution in [3.8, 4) is 11.1 Å². The van der Waals surface area contributed by atoms with Crippen LogP contribution in [0.2, 0.25) is 0 Å². The molecule has 2 rings (SSSR count). The fraction of sp³-hybridized carbons (Fsp3) is 0.250. The van der Waals surface area contributed by atoms with E-state index in [2.05, 4.69) is 24.4 Å². The summed E-state index contributed by atoms with van der Waals surface area (Å²) in [6, 6.07) is 13.3. The molecule has 0 aliphatic rings. The smallest absolute Gasteiger partial charge is 0.131 e. The van der Waals surface area contributed by atoms with Crippen molar-refractivity contribution in [1.29, 1.82) is 0 Å². The highest BCUT2D eigenvalue weighted by atomic mass is 19.1. The summed E-state index contributed by atoms with van der Waals surface area (Å²) in [5, 5.41) is 3.08. The Morgan fingerprint density at radius 3 is 2.28 bits per heavy atom. The highest BCUT2D eigenvalue weighted by molar-refractivity contribution is 5.65. The number of hydrogen-bond acceptors (Lipinski definition) is 1. The summed E-state index contributed by atoms with van der Waals surface area (Å²) >= 11 is 0. The van der Waals surface area contributed by atoms with Crippen LogP contribution in [-0.4, -0.2) is 7.05 Å². The lowest BCUT2D eigenvalue weighted by atomic mass is 10.0. The van der Waals surface area contributed by atoms with Crippen LogP contribution in [0.15, 0.2) is 42.5 Å². The van der Waals surface area contributed by atoms with Crippen LogP contribution in [-0.2, 0) is 13.0 Å². The van der Waals surface area contributed by atoms with Gasteiger partial charge in [0.25, 0.3) is 0 Å². The monoisotopic (exact) mass is 243 g/mol. The van der Waals surface area contributed by atoms with Gasteiger partial charge in [-0.3, -0.25) is 0 Å². The van der Waals surface area contributed by atoms with E-state index in [4.69, 9.17) is 0 Å². The summed E-state index contributed by atoms with van der Waals surface area (Å²) in [6.07, 6.45) is 1.00. The van der Waals surface area contributed by atoms with Gasteiger partial charge in [0.15, 0.2) is 0 Å². The van der Waals surface area contributed by atoms with E-state index >= 15 is 0 Å². The lowest BCUT2D eigenvalue weighted by molar-refractivity contribution is 0.630. The van der Waals surface area contributed by atoms with Gasteiger partial charge in [0.05, 0.1) is 0 Å². The zero-order valence-electron chi connectivity index (χ0n) is 10.8. The highest BCUT2D eigenvalue weighted by Gasteiger charge is 2.06. The zero-order valence-corrected chi connectivity index (χ0v) is 10.8. The molecule has 0 aliphatic heterocycles. The Labute approximate surface area is 108 Å². The van der Waals surface area contributed by atoms with Gasteiger partial charge >= 0.3 is 0 Å². The molecule has 0 spiro atoms. The maximum Gasteiger partial charge on any atom is 0.131 e. The molecule has 0 saturated carbocycles. The largest absolute Gasteiger partial charge is 0.316 e. The molecule has 0 radical (unpaired) electrons. The van der Waals surface area contributed by atoms with E-state index in [0.29, 0.717) is 5.56 Å². The van der Waals surface area contributed by atoms with Crippen molar-refractivity contribution in [2.75, 3.05) is 7.05 Å². The van der Waals surface area contributed by atoms with Gasteiger partial charge in [0.1, 0.15) is 5.82 Å². The first-order valence-corrected chi connectivity index (χ1v) is 6.27. The van der Waals surface area contributed by atoms with Crippen LogP contribution < -0.4 is 5.32 Å². The predicted molar refractivity (Wildman–Crippen MR) is 74.0 cm³/mol. The lowest BCUT2D eigenvalue weighted by Gasteiger charge is -2.07. The van der Waals surface area contributed by atoms with Crippen molar-refractivity contribution in [1.82, 2.24) is 5.32 Å². The van der Waals surface area contributed by atoms with Crippen LogP contribution >= 0.6 is 0 Å². The number of hydrogen-bond donors (Lipinski definition) is 1. The van der Waals surface area contributed by atoms with Crippen molar-refractivity contribution in [3.63, 3.8) is 0 Å². The Balaban J connectivity index is 2.38. The Morgan fingerprint density at radius 2 is 1.67 bits per heavy atom. The van der Waals surface area contributed by atoms with Gasteiger partial charge in [-0.25, -0.2) is 4.39 Å². The number of nitrogens with one attached hydrogen (secondary N) is 1. The lowest BCUT2D eigenvalue weighted by Crippen LogP contribution is -2.05. The third kappa shape index (κ3) is 2.77. The Bertz CT molecular complexity index is 517. The molecule has 0 aromatic heterocycles. The van der Waals surface area contributed by atoms with Gasteiger partial charge < -0.3 is 5.32 Å². The average Bonchev–Trinajstić information content (AvgIpc) is 2.41.